The van der Waals surface area contributed by atoms with Crippen molar-refractivity contribution in [3.63, 3.8) is 0 Å². The minimum Gasteiger partial charge on any atom is -0.492 e. The van der Waals surface area contributed by atoms with Crippen molar-refractivity contribution in [2.75, 3.05) is 6.61 Å². The molecule has 3 rings (SSSR count). The van der Waals surface area contributed by atoms with Gasteiger partial charge in [-0.25, -0.2) is 0 Å². The Morgan fingerprint density at radius 3 is 2.23 bits per heavy atom. The van der Waals surface area contributed by atoms with Crippen molar-refractivity contribution in [3.05, 3.63) is 62.1 Å². The Morgan fingerprint density at radius 1 is 1.00 bits per heavy atom. The fourth-order valence-electron chi connectivity index (χ4n) is 3.34. The standard InChI is InChI=1S/C20H23BrO/c1-11(2)15-6-8-16(9-7-15)17-10-22-20-13(4)12(3)19(21)14(5)18(17)20/h6-9,11,17H,10H2,1-5H3. The predicted octanol–water partition coefficient (Wildman–Crippen LogP) is 6.02. The maximum absolute atomic E-state index is 6.07. The number of fused-ring (bicyclic) bond motifs is 1. The van der Waals surface area contributed by atoms with E-state index in [0.29, 0.717) is 11.8 Å². The number of ether oxygens (including phenoxy) is 1. The zero-order chi connectivity index (χ0) is 16.0. The van der Waals surface area contributed by atoms with Crippen molar-refractivity contribution in [2.24, 2.45) is 0 Å². The summed E-state index contributed by atoms with van der Waals surface area (Å²) < 4.78 is 7.29. The minimum absolute atomic E-state index is 0.340. The number of hydrogen-bond donors (Lipinski definition) is 0. The van der Waals surface area contributed by atoms with Crippen LogP contribution in [0.3, 0.4) is 0 Å². The molecule has 0 saturated heterocycles. The van der Waals surface area contributed by atoms with Gasteiger partial charge in [-0.2, -0.15) is 0 Å². The first-order chi connectivity index (χ1) is 10.4. The van der Waals surface area contributed by atoms with E-state index in [1.54, 1.807) is 0 Å². The van der Waals surface area contributed by atoms with Gasteiger partial charge < -0.3 is 4.74 Å². The van der Waals surface area contributed by atoms with Crippen molar-refractivity contribution >= 4 is 15.9 Å². The molecule has 22 heavy (non-hydrogen) atoms. The van der Waals surface area contributed by atoms with Crippen LogP contribution in [0.15, 0.2) is 28.7 Å². The Bertz CT molecular complexity index is 714. The molecule has 0 spiro atoms. The van der Waals surface area contributed by atoms with Gasteiger partial charge in [-0.05, 0) is 54.5 Å². The molecule has 0 saturated carbocycles. The molecule has 0 bridgehead atoms. The van der Waals surface area contributed by atoms with E-state index in [1.165, 1.54) is 37.9 Å². The quantitative estimate of drug-likeness (QED) is 0.637. The summed E-state index contributed by atoms with van der Waals surface area (Å²) in [6.45, 7) is 11.7. The molecule has 1 atom stereocenters. The first-order valence-electron chi connectivity index (χ1n) is 7.93. The van der Waals surface area contributed by atoms with Gasteiger partial charge in [-0.3, -0.25) is 0 Å². The van der Waals surface area contributed by atoms with Crippen molar-refractivity contribution < 1.29 is 4.74 Å². The lowest BCUT2D eigenvalue weighted by molar-refractivity contribution is 0.341. The van der Waals surface area contributed by atoms with Crippen LogP contribution in [0.1, 0.15) is 59.1 Å². The third-order valence-electron chi connectivity index (χ3n) is 4.96. The highest BCUT2D eigenvalue weighted by molar-refractivity contribution is 9.10. The molecular weight excluding hydrogens is 336 g/mol. The van der Waals surface area contributed by atoms with Gasteiger partial charge >= 0.3 is 0 Å². The molecule has 1 aliphatic rings. The fraction of sp³-hybridized carbons (Fsp3) is 0.400. The summed E-state index contributed by atoms with van der Waals surface area (Å²) in [6, 6.07) is 9.04. The van der Waals surface area contributed by atoms with E-state index in [9.17, 15) is 0 Å². The lowest BCUT2D eigenvalue weighted by Crippen LogP contribution is -2.04. The molecule has 0 aliphatic carbocycles. The van der Waals surface area contributed by atoms with Gasteiger partial charge in [0.05, 0.1) is 6.61 Å². The van der Waals surface area contributed by atoms with Crippen LogP contribution in [-0.2, 0) is 0 Å². The SMILES string of the molecule is Cc1c(C)c2c(c(C)c1Br)C(c1ccc(C(C)C)cc1)CO2. The summed E-state index contributed by atoms with van der Waals surface area (Å²) in [4.78, 5) is 0. The highest BCUT2D eigenvalue weighted by Crippen LogP contribution is 2.46. The van der Waals surface area contributed by atoms with Gasteiger partial charge in [0.15, 0.2) is 0 Å². The molecule has 0 fully saturated rings. The Kier molecular flexibility index (Phi) is 4.07. The van der Waals surface area contributed by atoms with E-state index in [0.717, 1.165) is 12.4 Å². The van der Waals surface area contributed by atoms with Crippen molar-refractivity contribution in [3.8, 4) is 5.75 Å². The highest BCUT2D eigenvalue weighted by atomic mass is 79.9. The topological polar surface area (TPSA) is 9.23 Å². The smallest absolute Gasteiger partial charge is 0.126 e. The molecule has 1 heterocycles. The molecule has 2 aromatic carbocycles. The van der Waals surface area contributed by atoms with Crippen LogP contribution in [0.25, 0.3) is 0 Å². The monoisotopic (exact) mass is 358 g/mol. The molecular formula is C20H23BrO. The third-order valence-corrected chi connectivity index (χ3v) is 6.15. The molecule has 0 radical (unpaired) electrons. The summed E-state index contributed by atoms with van der Waals surface area (Å²) in [6.07, 6.45) is 0. The average Bonchev–Trinajstić information content (AvgIpc) is 2.96. The summed E-state index contributed by atoms with van der Waals surface area (Å²) in [5.41, 5.74) is 7.95. The molecule has 1 aliphatic heterocycles. The van der Waals surface area contributed by atoms with E-state index in [-0.39, 0.29) is 0 Å². The third kappa shape index (κ3) is 2.38. The van der Waals surface area contributed by atoms with Crippen LogP contribution in [0.4, 0.5) is 0 Å². The second-order valence-electron chi connectivity index (χ2n) is 6.62. The zero-order valence-corrected chi connectivity index (χ0v) is 15.5. The zero-order valence-electron chi connectivity index (χ0n) is 14.0. The highest BCUT2D eigenvalue weighted by Gasteiger charge is 2.31. The van der Waals surface area contributed by atoms with Gasteiger partial charge in [-0.15, -0.1) is 0 Å². The van der Waals surface area contributed by atoms with Crippen LogP contribution in [0, 0.1) is 20.8 Å². The maximum atomic E-state index is 6.07. The number of halogens is 1. The van der Waals surface area contributed by atoms with E-state index < -0.39 is 0 Å². The number of benzene rings is 2. The Labute approximate surface area is 141 Å². The van der Waals surface area contributed by atoms with Crippen molar-refractivity contribution in [1.29, 1.82) is 0 Å². The summed E-state index contributed by atoms with van der Waals surface area (Å²) in [5, 5.41) is 0. The van der Waals surface area contributed by atoms with Gasteiger partial charge in [0.25, 0.3) is 0 Å². The second kappa shape index (κ2) is 5.73. The molecule has 116 valence electrons. The van der Waals surface area contributed by atoms with Gasteiger partial charge in [0.1, 0.15) is 5.75 Å². The minimum atomic E-state index is 0.340. The van der Waals surface area contributed by atoms with Crippen molar-refractivity contribution in [2.45, 2.75) is 46.5 Å². The van der Waals surface area contributed by atoms with Crippen LogP contribution >= 0.6 is 15.9 Å². The largest absolute Gasteiger partial charge is 0.492 e. The molecule has 0 amide bonds. The van der Waals surface area contributed by atoms with E-state index in [2.05, 4.69) is 74.8 Å². The Hall–Kier alpha value is -1.28. The number of hydrogen-bond acceptors (Lipinski definition) is 1. The lowest BCUT2D eigenvalue weighted by Gasteiger charge is -2.17. The van der Waals surface area contributed by atoms with Crippen LogP contribution in [0.2, 0.25) is 0 Å². The number of rotatable bonds is 2. The maximum Gasteiger partial charge on any atom is 0.126 e. The summed E-state index contributed by atoms with van der Waals surface area (Å²) >= 11 is 3.76. The van der Waals surface area contributed by atoms with Gasteiger partial charge in [-0.1, -0.05) is 54.0 Å². The van der Waals surface area contributed by atoms with Gasteiger partial charge in [0, 0.05) is 16.0 Å². The average molecular weight is 359 g/mol. The summed E-state index contributed by atoms with van der Waals surface area (Å²) in [7, 11) is 0. The first-order valence-corrected chi connectivity index (χ1v) is 8.73. The van der Waals surface area contributed by atoms with E-state index in [1.807, 2.05) is 0 Å². The van der Waals surface area contributed by atoms with Crippen molar-refractivity contribution in [1.82, 2.24) is 0 Å². The first kappa shape index (κ1) is 15.6. The Morgan fingerprint density at radius 2 is 1.64 bits per heavy atom. The Balaban J connectivity index is 2.08. The lowest BCUT2D eigenvalue weighted by atomic mass is 9.87. The molecule has 2 heteroatoms. The molecule has 2 aromatic rings. The normalized spacial score (nSPS) is 16.8. The van der Waals surface area contributed by atoms with Crippen LogP contribution in [0.5, 0.6) is 5.75 Å². The predicted molar refractivity (Wildman–Crippen MR) is 96.2 cm³/mol. The van der Waals surface area contributed by atoms with Crippen LogP contribution in [-0.4, -0.2) is 6.61 Å². The second-order valence-corrected chi connectivity index (χ2v) is 7.41. The van der Waals surface area contributed by atoms with E-state index in [4.69, 9.17) is 4.74 Å². The molecule has 0 N–H and O–H groups in total. The summed E-state index contributed by atoms with van der Waals surface area (Å²) in [5.74, 6) is 2.00. The molecule has 0 aromatic heterocycles. The molecule has 1 nitrogen and oxygen atoms in total. The van der Waals surface area contributed by atoms with Gasteiger partial charge in [0.2, 0.25) is 0 Å². The molecule has 1 unspecified atom stereocenters. The van der Waals surface area contributed by atoms with Crippen LogP contribution < -0.4 is 4.74 Å². The van der Waals surface area contributed by atoms with E-state index >= 15 is 0 Å². The fourth-order valence-corrected chi connectivity index (χ4v) is 3.85.